The molecule has 164 valence electrons. The summed E-state index contributed by atoms with van der Waals surface area (Å²) in [5.74, 6) is -0.986. The Kier molecular flexibility index (Phi) is 6.78. The number of esters is 1. The molecule has 2 heterocycles. The Morgan fingerprint density at radius 3 is 2.50 bits per heavy atom. The Balaban J connectivity index is 1.96. The van der Waals surface area contributed by atoms with Crippen molar-refractivity contribution in [2.75, 3.05) is 26.0 Å². The number of aromatic nitrogens is 1. The van der Waals surface area contributed by atoms with Gasteiger partial charge in [0.25, 0.3) is 5.91 Å². The quantitative estimate of drug-likeness (QED) is 0.645. The van der Waals surface area contributed by atoms with Gasteiger partial charge in [0.15, 0.2) is 4.80 Å². The average molecular weight is 454 g/mol. The number of sulfonamides is 1. The highest BCUT2D eigenvalue weighted by atomic mass is 32.2. The number of hydrogen-bond donors (Lipinski definition) is 0. The molecule has 1 aliphatic rings. The summed E-state index contributed by atoms with van der Waals surface area (Å²) in [5.41, 5.74) is 2.97. The van der Waals surface area contributed by atoms with Crippen molar-refractivity contribution in [3.05, 3.63) is 28.1 Å². The predicted molar refractivity (Wildman–Crippen MR) is 116 cm³/mol. The molecular formula is C20H27N3O5S2. The summed E-state index contributed by atoms with van der Waals surface area (Å²) in [7, 11) is -3.25. The number of piperidine rings is 1. The van der Waals surface area contributed by atoms with Gasteiger partial charge in [-0.3, -0.25) is 9.59 Å². The van der Waals surface area contributed by atoms with Gasteiger partial charge in [-0.1, -0.05) is 17.4 Å². The normalized spacial score (nSPS) is 16.9. The molecule has 1 saturated heterocycles. The van der Waals surface area contributed by atoms with Gasteiger partial charge >= 0.3 is 5.97 Å². The van der Waals surface area contributed by atoms with Crippen LogP contribution in [-0.4, -0.2) is 55.1 Å². The lowest BCUT2D eigenvalue weighted by Crippen LogP contribution is -2.39. The standard InChI is InChI=1S/C20H27N3O5S2/c1-5-28-17(24)12-23-16-11-13(2)10-14(3)18(16)29-20(23)21-19(25)15-6-8-22(9-7-15)30(4,26)27/h10-11,15H,5-9,12H2,1-4H3. The molecule has 30 heavy (non-hydrogen) atoms. The van der Waals surface area contributed by atoms with E-state index < -0.39 is 10.0 Å². The summed E-state index contributed by atoms with van der Waals surface area (Å²) in [5, 5.41) is 0. The fraction of sp³-hybridized carbons (Fsp3) is 0.550. The van der Waals surface area contributed by atoms with E-state index in [0.717, 1.165) is 21.3 Å². The monoisotopic (exact) mass is 453 g/mol. The minimum absolute atomic E-state index is 0.0185. The lowest BCUT2D eigenvalue weighted by molar-refractivity contribution is -0.143. The predicted octanol–water partition coefficient (Wildman–Crippen LogP) is 1.98. The van der Waals surface area contributed by atoms with Gasteiger partial charge in [0.05, 0.1) is 23.1 Å². The van der Waals surface area contributed by atoms with Crippen molar-refractivity contribution in [2.45, 2.75) is 40.2 Å². The van der Waals surface area contributed by atoms with Crippen molar-refractivity contribution >= 4 is 43.5 Å². The van der Waals surface area contributed by atoms with Crippen LogP contribution in [0, 0.1) is 19.8 Å². The van der Waals surface area contributed by atoms with Crippen molar-refractivity contribution in [2.24, 2.45) is 10.9 Å². The summed E-state index contributed by atoms with van der Waals surface area (Å²) in [6.45, 7) is 6.62. The number of benzene rings is 1. The second kappa shape index (κ2) is 8.99. The van der Waals surface area contributed by atoms with Crippen LogP contribution in [0.3, 0.4) is 0 Å². The third-order valence-corrected chi connectivity index (χ3v) is 7.72. The van der Waals surface area contributed by atoms with Crippen LogP contribution in [0.15, 0.2) is 17.1 Å². The van der Waals surface area contributed by atoms with Gasteiger partial charge in [-0.2, -0.15) is 4.99 Å². The van der Waals surface area contributed by atoms with E-state index >= 15 is 0 Å². The molecule has 0 aliphatic carbocycles. The summed E-state index contributed by atoms with van der Waals surface area (Å²) < 4.78 is 32.6. The zero-order valence-electron chi connectivity index (χ0n) is 17.7. The molecule has 0 unspecified atom stereocenters. The number of amides is 1. The van der Waals surface area contributed by atoms with Crippen LogP contribution in [0.25, 0.3) is 10.2 Å². The highest BCUT2D eigenvalue weighted by molar-refractivity contribution is 7.88. The number of nitrogens with zero attached hydrogens (tertiary/aromatic N) is 3. The highest BCUT2D eigenvalue weighted by Gasteiger charge is 2.29. The summed E-state index contributed by atoms with van der Waals surface area (Å²) >= 11 is 1.38. The number of thiazole rings is 1. The van der Waals surface area contributed by atoms with Crippen LogP contribution < -0.4 is 4.80 Å². The van der Waals surface area contributed by atoms with Crippen LogP contribution in [0.2, 0.25) is 0 Å². The fourth-order valence-corrected chi connectivity index (χ4v) is 5.67. The van der Waals surface area contributed by atoms with Crippen molar-refractivity contribution in [3.63, 3.8) is 0 Å². The average Bonchev–Trinajstić information content (AvgIpc) is 2.99. The molecule has 0 spiro atoms. The second-order valence-electron chi connectivity index (χ2n) is 7.59. The van der Waals surface area contributed by atoms with E-state index in [1.165, 1.54) is 21.9 Å². The SMILES string of the molecule is CCOC(=O)Cn1c(=NC(=O)C2CCN(S(C)(=O)=O)CC2)sc2c(C)cc(C)cc21. The maximum atomic E-state index is 12.9. The van der Waals surface area contributed by atoms with Crippen LogP contribution >= 0.6 is 11.3 Å². The number of carbonyl (C=O) groups is 2. The minimum atomic E-state index is -3.25. The molecule has 0 bridgehead atoms. The molecule has 8 nitrogen and oxygen atoms in total. The first-order valence-corrected chi connectivity index (χ1v) is 12.6. The van der Waals surface area contributed by atoms with Crippen molar-refractivity contribution in [3.8, 4) is 0 Å². The molecule has 0 atom stereocenters. The van der Waals surface area contributed by atoms with Crippen molar-refractivity contribution in [1.29, 1.82) is 0 Å². The summed E-state index contributed by atoms with van der Waals surface area (Å²) in [6, 6.07) is 4.03. The molecule has 1 aromatic carbocycles. The van der Waals surface area contributed by atoms with E-state index in [9.17, 15) is 18.0 Å². The van der Waals surface area contributed by atoms with Gasteiger partial charge in [0, 0.05) is 19.0 Å². The Morgan fingerprint density at radius 2 is 1.90 bits per heavy atom. The summed E-state index contributed by atoms with van der Waals surface area (Å²) in [6.07, 6.45) is 2.06. The number of hydrogen-bond acceptors (Lipinski definition) is 6. The van der Waals surface area contributed by atoms with Crippen LogP contribution in [0.1, 0.15) is 30.9 Å². The smallest absolute Gasteiger partial charge is 0.326 e. The number of aryl methyl sites for hydroxylation is 2. The maximum Gasteiger partial charge on any atom is 0.326 e. The molecule has 0 radical (unpaired) electrons. The van der Waals surface area contributed by atoms with Crippen LogP contribution in [0.4, 0.5) is 0 Å². The van der Waals surface area contributed by atoms with Gasteiger partial charge < -0.3 is 9.30 Å². The van der Waals surface area contributed by atoms with E-state index in [1.54, 1.807) is 11.5 Å². The first-order chi connectivity index (χ1) is 14.1. The molecule has 1 aromatic heterocycles. The first kappa shape index (κ1) is 22.6. The Bertz CT molecular complexity index is 1140. The molecule has 1 amide bonds. The number of carbonyl (C=O) groups excluding carboxylic acids is 2. The van der Waals surface area contributed by atoms with Crippen molar-refractivity contribution in [1.82, 2.24) is 8.87 Å². The van der Waals surface area contributed by atoms with Gasteiger partial charge in [0.2, 0.25) is 10.0 Å². The van der Waals surface area contributed by atoms with E-state index in [1.807, 2.05) is 19.9 Å². The van der Waals surface area contributed by atoms with Gasteiger partial charge in [0.1, 0.15) is 6.54 Å². The van der Waals surface area contributed by atoms with E-state index in [-0.39, 0.29) is 30.9 Å². The first-order valence-electron chi connectivity index (χ1n) is 9.90. The van der Waals surface area contributed by atoms with Crippen LogP contribution in [-0.2, 0) is 30.9 Å². The second-order valence-corrected chi connectivity index (χ2v) is 10.6. The zero-order valence-corrected chi connectivity index (χ0v) is 19.3. The van der Waals surface area contributed by atoms with Gasteiger partial charge in [-0.25, -0.2) is 12.7 Å². The van der Waals surface area contributed by atoms with E-state index in [4.69, 9.17) is 4.74 Å². The zero-order chi connectivity index (χ0) is 22.1. The number of rotatable bonds is 5. The number of fused-ring (bicyclic) bond motifs is 1. The van der Waals surface area contributed by atoms with Crippen molar-refractivity contribution < 1.29 is 22.7 Å². The molecule has 3 rings (SSSR count). The van der Waals surface area contributed by atoms with Crippen LogP contribution in [0.5, 0.6) is 0 Å². The lowest BCUT2D eigenvalue weighted by atomic mass is 9.98. The Labute approximate surface area is 180 Å². The van der Waals surface area contributed by atoms with E-state index in [2.05, 4.69) is 11.1 Å². The molecular weight excluding hydrogens is 426 g/mol. The Morgan fingerprint density at radius 1 is 1.23 bits per heavy atom. The van der Waals surface area contributed by atoms with Gasteiger partial charge in [-0.05, 0) is 50.8 Å². The maximum absolute atomic E-state index is 12.9. The molecule has 10 heteroatoms. The molecule has 1 fully saturated rings. The topological polar surface area (TPSA) is 98.0 Å². The highest BCUT2D eigenvalue weighted by Crippen LogP contribution is 2.24. The largest absolute Gasteiger partial charge is 0.465 e. The Hall–Kier alpha value is -2.04. The summed E-state index contributed by atoms with van der Waals surface area (Å²) in [4.78, 5) is 29.8. The van der Waals surface area contributed by atoms with E-state index in [0.29, 0.717) is 30.7 Å². The fourth-order valence-electron chi connectivity index (χ4n) is 3.71. The minimum Gasteiger partial charge on any atom is -0.465 e. The third kappa shape index (κ3) is 4.98. The molecule has 0 N–H and O–H groups in total. The lowest BCUT2D eigenvalue weighted by Gasteiger charge is -2.28. The molecule has 0 saturated carbocycles. The molecule has 2 aromatic rings. The van der Waals surface area contributed by atoms with Gasteiger partial charge in [-0.15, -0.1) is 0 Å². The number of ether oxygens (including phenoxy) is 1. The third-order valence-electron chi connectivity index (χ3n) is 5.18. The molecule has 1 aliphatic heterocycles.